The lowest BCUT2D eigenvalue weighted by atomic mass is 10.1. The molecule has 1 aromatic carbocycles. The van der Waals surface area contributed by atoms with Gasteiger partial charge in [-0.2, -0.15) is 5.10 Å². The van der Waals surface area contributed by atoms with Gasteiger partial charge in [0.2, 0.25) is 0 Å². The van der Waals surface area contributed by atoms with Crippen LogP contribution in [0.3, 0.4) is 0 Å². The van der Waals surface area contributed by atoms with Crippen LogP contribution in [0.25, 0.3) is 5.65 Å². The number of halogens is 1. The molecule has 1 N–H and O–H groups in total. The van der Waals surface area contributed by atoms with E-state index in [1.54, 1.807) is 6.07 Å². The van der Waals surface area contributed by atoms with E-state index in [4.69, 9.17) is 11.6 Å². The molecule has 0 spiro atoms. The van der Waals surface area contributed by atoms with Gasteiger partial charge < -0.3 is 0 Å². The molecule has 2 heterocycles. The van der Waals surface area contributed by atoms with Crippen LogP contribution in [0.2, 0.25) is 0 Å². The van der Waals surface area contributed by atoms with Crippen LogP contribution in [0.1, 0.15) is 16.6 Å². The molecule has 19 heavy (non-hydrogen) atoms. The first-order valence-electron chi connectivity index (χ1n) is 5.85. The Balaban J connectivity index is 1.87. The molecule has 1 unspecified atom stereocenters. The number of benzene rings is 1. The van der Waals surface area contributed by atoms with Crippen molar-refractivity contribution in [3.05, 3.63) is 64.5 Å². The number of alkyl halides is 1. The molecule has 0 aliphatic rings. The average molecular weight is 275 g/mol. The molecule has 2 aromatic heterocycles. The van der Waals surface area contributed by atoms with Gasteiger partial charge in [-0.15, -0.1) is 11.6 Å². The summed E-state index contributed by atoms with van der Waals surface area (Å²) in [4.78, 5) is 15.5. The Hall–Kier alpha value is -2.14. The van der Waals surface area contributed by atoms with Gasteiger partial charge in [0, 0.05) is 18.2 Å². The zero-order valence-corrected chi connectivity index (χ0v) is 10.7. The summed E-state index contributed by atoms with van der Waals surface area (Å²) in [7, 11) is 0. The van der Waals surface area contributed by atoms with Gasteiger partial charge in [0.05, 0.1) is 5.38 Å². The topological polar surface area (TPSA) is 63.0 Å². The van der Waals surface area contributed by atoms with Gasteiger partial charge in [-0.25, -0.2) is 19.3 Å². The van der Waals surface area contributed by atoms with Crippen LogP contribution in [0.4, 0.5) is 0 Å². The van der Waals surface area contributed by atoms with Crippen molar-refractivity contribution in [2.45, 2.75) is 11.8 Å². The largest absolute Gasteiger partial charge is 0.348 e. The van der Waals surface area contributed by atoms with Crippen molar-refractivity contribution in [1.29, 1.82) is 0 Å². The molecular weight excluding hydrogens is 264 g/mol. The molecule has 0 aliphatic heterocycles. The van der Waals surface area contributed by atoms with Crippen molar-refractivity contribution in [2.24, 2.45) is 0 Å². The van der Waals surface area contributed by atoms with E-state index in [1.165, 1.54) is 10.7 Å². The monoisotopic (exact) mass is 274 g/mol. The molecule has 0 amide bonds. The first-order chi connectivity index (χ1) is 9.24. The van der Waals surface area contributed by atoms with Gasteiger partial charge in [-0.05, 0) is 5.56 Å². The molecule has 0 saturated carbocycles. The van der Waals surface area contributed by atoms with Crippen LogP contribution in [0, 0.1) is 0 Å². The predicted molar refractivity (Wildman–Crippen MR) is 72.3 cm³/mol. The predicted octanol–water partition coefficient (Wildman–Crippen LogP) is 1.94. The number of rotatable bonds is 3. The number of nitrogens with zero attached hydrogens (tertiary/aromatic N) is 3. The van der Waals surface area contributed by atoms with Crippen LogP contribution < -0.4 is 5.69 Å². The Morgan fingerprint density at radius 3 is 2.89 bits per heavy atom. The van der Waals surface area contributed by atoms with E-state index in [2.05, 4.69) is 15.2 Å². The Morgan fingerprint density at radius 2 is 2.11 bits per heavy atom. The van der Waals surface area contributed by atoms with Crippen molar-refractivity contribution < 1.29 is 0 Å². The first-order valence-corrected chi connectivity index (χ1v) is 6.28. The van der Waals surface area contributed by atoms with Crippen LogP contribution >= 0.6 is 11.6 Å². The summed E-state index contributed by atoms with van der Waals surface area (Å²) >= 11 is 6.36. The highest BCUT2D eigenvalue weighted by molar-refractivity contribution is 6.20. The molecule has 0 saturated heterocycles. The molecule has 0 aliphatic carbocycles. The highest BCUT2D eigenvalue weighted by atomic mass is 35.5. The number of fused-ring (bicyclic) bond motifs is 1. The van der Waals surface area contributed by atoms with Gasteiger partial charge in [0.1, 0.15) is 6.33 Å². The lowest BCUT2D eigenvalue weighted by Gasteiger charge is -2.08. The van der Waals surface area contributed by atoms with Crippen molar-refractivity contribution in [2.75, 3.05) is 0 Å². The number of hydrogen-bond acceptors (Lipinski definition) is 3. The first kappa shape index (κ1) is 11.9. The molecule has 0 radical (unpaired) electrons. The van der Waals surface area contributed by atoms with E-state index in [9.17, 15) is 4.79 Å². The summed E-state index contributed by atoms with van der Waals surface area (Å²) in [5.74, 6) is 0. The Labute approximate surface area is 113 Å². The van der Waals surface area contributed by atoms with Crippen molar-refractivity contribution in [3.63, 3.8) is 0 Å². The third-order valence-electron chi connectivity index (χ3n) is 2.92. The standard InChI is InChI=1S/C13H11ClN4O/c14-11(9-4-2-1-3-5-9)6-10-7-12-16-17-13(19)18(12)8-15-10/h1-5,7-8,11H,6H2,(H,17,19). The van der Waals surface area contributed by atoms with E-state index in [0.29, 0.717) is 12.1 Å². The molecule has 0 bridgehead atoms. The number of aromatic amines is 1. The van der Waals surface area contributed by atoms with E-state index >= 15 is 0 Å². The number of aromatic nitrogens is 4. The normalized spacial score (nSPS) is 12.7. The van der Waals surface area contributed by atoms with Crippen LogP contribution in [-0.4, -0.2) is 19.6 Å². The summed E-state index contributed by atoms with van der Waals surface area (Å²) in [5.41, 5.74) is 2.10. The second kappa shape index (κ2) is 4.85. The zero-order chi connectivity index (χ0) is 13.2. The second-order valence-corrected chi connectivity index (χ2v) is 4.75. The highest BCUT2D eigenvalue weighted by Gasteiger charge is 2.10. The lowest BCUT2D eigenvalue weighted by Crippen LogP contribution is -2.10. The summed E-state index contributed by atoms with van der Waals surface area (Å²) in [6.45, 7) is 0. The summed E-state index contributed by atoms with van der Waals surface area (Å²) < 4.78 is 1.36. The molecule has 5 nitrogen and oxygen atoms in total. The fourth-order valence-corrected chi connectivity index (χ4v) is 2.23. The van der Waals surface area contributed by atoms with Crippen molar-refractivity contribution in [1.82, 2.24) is 19.6 Å². The SMILES string of the molecule is O=c1[nH]nc2cc(CC(Cl)c3ccccc3)ncn12. The fourth-order valence-electron chi connectivity index (χ4n) is 1.92. The van der Waals surface area contributed by atoms with E-state index in [-0.39, 0.29) is 11.1 Å². The molecule has 96 valence electrons. The average Bonchev–Trinajstić information content (AvgIpc) is 2.81. The molecule has 3 rings (SSSR count). The summed E-state index contributed by atoms with van der Waals surface area (Å²) in [6, 6.07) is 11.6. The lowest BCUT2D eigenvalue weighted by molar-refractivity contribution is 0.863. The molecular formula is C13H11ClN4O. The van der Waals surface area contributed by atoms with E-state index in [1.807, 2.05) is 30.3 Å². The number of H-pyrrole nitrogens is 1. The second-order valence-electron chi connectivity index (χ2n) is 4.22. The van der Waals surface area contributed by atoms with Crippen LogP contribution in [0.15, 0.2) is 47.5 Å². The van der Waals surface area contributed by atoms with Crippen LogP contribution in [-0.2, 0) is 6.42 Å². The number of nitrogens with one attached hydrogen (secondary N) is 1. The smallest absolute Gasteiger partial charge is 0.246 e. The Kier molecular flexibility index (Phi) is 3.05. The zero-order valence-electron chi connectivity index (χ0n) is 9.95. The minimum Gasteiger partial charge on any atom is -0.246 e. The minimum atomic E-state index is -0.292. The molecule has 0 fully saturated rings. The Bertz CT molecular complexity index is 750. The number of hydrogen-bond donors (Lipinski definition) is 1. The van der Waals surface area contributed by atoms with Crippen LogP contribution in [0.5, 0.6) is 0 Å². The molecule has 3 aromatic rings. The van der Waals surface area contributed by atoms with Gasteiger partial charge in [0.25, 0.3) is 0 Å². The minimum absolute atomic E-state index is 0.151. The fraction of sp³-hybridized carbons (Fsp3) is 0.154. The Morgan fingerprint density at radius 1 is 1.32 bits per heavy atom. The third-order valence-corrected chi connectivity index (χ3v) is 3.32. The van der Waals surface area contributed by atoms with Crippen molar-refractivity contribution >= 4 is 17.2 Å². The maximum atomic E-state index is 11.3. The van der Waals surface area contributed by atoms with Gasteiger partial charge >= 0.3 is 5.69 Å². The quantitative estimate of drug-likeness (QED) is 0.743. The van der Waals surface area contributed by atoms with E-state index in [0.717, 1.165) is 11.3 Å². The van der Waals surface area contributed by atoms with Gasteiger partial charge in [-0.3, -0.25) is 0 Å². The van der Waals surface area contributed by atoms with Crippen molar-refractivity contribution in [3.8, 4) is 0 Å². The van der Waals surface area contributed by atoms with Gasteiger partial charge in [-0.1, -0.05) is 30.3 Å². The third kappa shape index (κ3) is 2.37. The van der Waals surface area contributed by atoms with Gasteiger partial charge in [0.15, 0.2) is 5.65 Å². The molecule has 6 heteroatoms. The highest BCUT2D eigenvalue weighted by Crippen LogP contribution is 2.23. The summed E-state index contributed by atoms with van der Waals surface area (Å²) in [6.07, 6.45) is 2.05. The summed E-state index contributed by atoms with van der Waals surface area (Å²) in [5, 5.41) is 6.12. The maximum Gasteiger partial charge on any atom is 0.348 e. The maximum absolute atomic E-state index is 11.3. The van der Waals surface area contributed by atoms with E-state index < -0.39 is 0 Å². The molecule has 1 atom stereocenters.